The van der Waals surface area contributed by atoms with Crippen LogP contribution in [0.3, 0.4) is 0 Å². The van der Waals surface area contributed by atoms with Crippen molar-refractivity contribution in [3.05, 3.63) is 134 Å². The van der Waals surface area contributed by atoms with Crippen LogP contribution in [0, 0.1) is 0 Å². The Balaban J connectivity index is 4.29. The number of carbonyl (C=O) groups excluding carboxylic acids is 1. The number of phosphoric acid groups is 1. The summed E-state index contributed by atoms with van der Waals surface area (Å²) in [7, 11) is 1.21. The maximum Gasteiger partial charge on any atom is 0.268 e. The van der Waals surface area contributed by atoms with Crippen LogP contribution in [0.2, 0.25) is 0 Å². The van der Waals surface area contributed by atoms with E-state index < -0.39 is 26.6 Å². The molecule has 0 aliphatic rings. The molecule has 0 saturated heterocycles. The number of allylic oxidation sites excluding steroid dienone is 21. The topological polar surface area (TPSA) is 108 Å². The van der Waals surface area contributed by atoms with E-state index in [4.69, 9.17) is 9.05 Å². The molecule has 3 atom stereocenters. The first kappa shape index (κ1) is 71.6. The molecule has 0 aliphatic carbocycles. The van der Waals surface area contributed by atoms with Crippen molar-refractivity contribution in [1.29, 1.82) is 0 Å². The fraction of sp³-hybridized carbons (Fsp3) is 0.652. The number of nitrogens with one attached hydrogen (secondary N) is 1. The highest BCUT2D eigenvalue weighted by Gasteiger charge is 2.23. The van der Waals surface area contributed by atoms with E-state index in [-0.39, 0.29) is 12.5 Å². The number of hydrogen-bond acceptors (Lipinski definition) is 6. The minimum atomic E-state index is -4.62. The monoisotopic (exact) mass is 1060 g/mol. The molecule has 0 rings (SSSR count). The summed E-state index contributed by atoms with van der Waals surface area (Å²) in [4.78, 5) is 25.5. The Morgan fingerprint density at radius 1 is 0.480 bits per heavy atom. The Kier molecular flexibility index (Phi) is 52.9. The van der Waals surface area contributed by atoms with Gasteiger partial charge >= 0.3 is 0 Å². The number of rotatable bonds is 53. The number of carbonyl (C=O) groups is 1. The molecule has 1 amide bonds. The van der Waals surface area contributed by atoms with E-state index in [9.17, 15) is 19.4 Å². The van der Waals surface area contributed by atoms with E-state index in [1.165, 1.54) is 96.3 Å². The third-order valence-electron chi connectivity index (χ3n) is 12.6. The highest BCUT2D eigenvalue weighted by molar-refractivity contribution is 7.45. The molecule has 0 aromatic heterocycles. The lowest BCUT2D eigenvalue weighted by Gasteiger charge is -2.29. The van der Waals surface area contributed by atoms with Gasteiger partial charge in [-0.2, -0.15) is 0 Å². The molecule has 3 unspecified atom stereocenters. The maximum absolute atomic E-state index is 13.0. The molecule has 0 fully saturated rings. The van der Waals surface area contributed by atoms with Crippen molar-refractivity contribution in [2.24, 2.45) is 0 Å². The number of likely N-dealkylation sites (N-methyl/N-ethyl adjacent to an activating group) is 1. The van der Waals surface area contributed by atoms with Crippen molar-refractivity contribution in [2.45, 2.75) is 238 Å². The number of phosphoric ester groups is 1. The van der Waals surface area contributed by atoms with E-state index in [1.807, 2.05) is 27.2 Å². The number of aliphatic hydroxyl groups is 1. The van der Waals surface area contributed by atoms with Gasteiger partial charge in [0, 0.05) is 6.42 Å². The van der Waals surface area contributed by atoms with Crippen LogP contribution in [0.1, 0.15) is 226 Å². The minimum absolute atomic E-state index is 0.0178. The number of quaternary nitrogens is 1. The highest BCUT2D eigenvalue weighted by atomic mass is 31.2. The molecule has 75 heavy (non-hydrogen) atoms. The largest absolute Gasteiger partial charge is 0.756 e. The maximum atomic E-state index is 13.0. The fourth-order valence-corrected chi connectivity index (χ4v) is 8.63. The molecule has 0 saturated carbocycles. The molecule has 428 valence electrons. The predicted octanol–water partition coefficient (Wildman–Crippen LogP) is 18.1. The smallest absolute Gasteiger partial charge is 0.268 e. The van der Waals surface area contributed by atoms with Crippen molar-refractivity contribution in [3.8, 4) is 0 Å². The molecular weight excluding hydrogens is 948 g/mol. The Morgan fingerprint density at radius 2 is 0.827 bits per heavy atom. The minimum Gasteiger partial charge on any atom is -0.756 e. The Labute approximate surface area is 462 Å². The predicted molar refractivity (Wildman–Crippen MR) is 325 cm³/mol. The lowest BCUT2D eigenvalue weighted by atomic mass is 10.1. The van der Waals surface area contributed by atoms with Crippen molar-refractivity contribution >= 4 is 13.7 Å². The van der Waals surface area contributed by atoms with Crippen molar-refractivity contribution in [2.75, 3.05) is 40.9 Å². The van der Waals surface area contributed by atoms with E-state index >= 15 is 0 Å². The lowest BCUT2D eigenvalue weighted by Crippen LogP contribution is -2.45. The van der Waals surface area contributed by atoms with Gasteiger partial charge in [0.1, 0.15) is 13.2 Å². The van der Waals surface area contributed by atoms with Crippen LogP contribution in [-0.4, -0.2) is 68.5 Å². The highest BCUT2D eigenvalue weighted by Crippen LogP contribution is 2.38. The second-order valence-corrected chi connectivity index (χ2v) is 22.4. The van der Waals surface area contributed by atoms with E-state index in [0.29, 0.717) is 17.4 Å². The zero-order chi connectivity index (χ0) is 54.9. The van der Waals surface area contributed by atoms with Crippen LogP contribution in [0.5, 0.6) is 0 Å². The third-order valence-corrected chi connectivity index (χ3v) is 13.5. The van der Waals surface area contributed by atoms with E-state index in [2.05, 4.69) is 141 Å². The van der Waals surface area contributed by atoms with Gasteiger partial charge in [0.2, 0.25) is 5.91 Å². The molecule has 0 radical (unpaired) electrons. The normalized spacial score (nSPS) is 14.8. The summed E-state index contributed by atoms with van der Waals surface area (Å²) in [5.41, 5.74) is 0. The average Bonchev–Trinajstić information content (AvgIpc) is 3.37. The Bertz CT molecular complexity index is 1680. The van der Waals surface area contributed by atoms with E-state index in [0.717, 1.165) is 109 Å². The molecule has 0 heterocycles. The SMILES string of the molecule is CC/C=C\C/C=C\C/C=C\C/C=C\C/C=C\C/C=C\C/C=C\C/C=C\CCCCCCCCCCC(=O)NC(COP(=O)([O-])OCC[N+](C)(C)C)C(O)/C=C/CC/C=C/CC/C=C/CCCCCCCCCCCC. The first-order valence-corrected chi connectivity index (χ1v) is 31.5. The molecule has 0 aromatic carbocycles. The van der Waals surface area contributed by atoms with Gasteiger partial charge < -0.3 is 28.8 Å². The van der Waals surface area contributed by atoms with Gasteiger partial charge in [-0.3, -0.25) is 9.36 Å². The van der Waals surface area contributed by atoms with Crippen LogP contribution < -0.4 is 10.2 Å². The van der Waals surface area contributed by atoms with Crippen LogP contribution in [0.4, 0.5) is 0 Å². The summed E-state index contributed by atoms with van der Waals surface area (Å²) in [5, 5.41) is 13.9. The third kappa shape index (κ3) is 58.2. The Hall–Kier alpha value is -3.36. The van der Waals surface area contributed by atoms with Crippen molar-refractivity contribution < 1.29 is 32.9 Å². The van der Waals surface area contributed by atoms with Gasteiger partial charge in [-0.15, -0.1) is 0 Å². The standard InChI is InChI=1S/C66H113N2O6P/c1-6-8-10-12-14-16-18-20-22-24-26-28-29-30-31-32-33-34-35-36-37-38-39-40-42-44-46-48-50-52-54-56-58-60-66(70)67-64(63-74-75(71,72)73-62-61-68(3,4)5)65(69)59-57-55-53-51-49-47-45-43-41-27-25-23-21-19-17-15-13-11-9-7-2/h8,10,14,16,20,22,26,28,30-31,33-34,36-37,39-41,43,49,51,57,59,64-65,69H,6-7,9,11-13,15,17-19,21,23-25,27,29,32,35,38,42,44-48,50,52-56,58,60-63H2,1-5H3,(H-,67,70,71,72)/b10-8-,16-14-,22-20-,28-26-,31-30-,34-33-,37-36-,40-39-,43-41+,51-49+,59-57+. The van der Waals surface area contributed by atoms with Crippen LogP contribution in [0.15, 0.2) is 134 Å². The van der Waals surface area contributed by atoms with Gasteiger partial charge in [-0.1, -0.05) is 244 Å². The molecule has 0 bridgehead atoms. The second-order valence-electron chi connectivity index (χ2n) is 20.9. The molecule has 9 heteroatoms. The summed E-state index contributed by atoms with van der Waals surface area (Å²) in [6, 6.07) is -0.925. The second kappa shape index (κ2) is 55.4. The fourth-order valence-electron chi connectivity index (χ4n) is 7.91. The van der Waals surface area contributed by atoms with Crippen molar-refractivity contribution in [1.82, 2.24) is 5.32 Å². The Morgan fingerprint density at radius 3 is 1.24 bits per heavy atom. The molecule has 0 aliphatic heterocycles. The molecule has 0 spiro atoms. The molecule has 8 nitrogen and oxygen atoms in total. The van der Waals surface area contributed by atoms with Crippen LogP contribution in [0.25, 0.3) is 0 Å². The quantitative estimate of drug-likeness (QED) is 0.0272. The number of nitrogens with zero attached hydrogens (tertiary/aromatic N) is 1. The summed E-state index contributed by atoms with van der Waals surface area (Å²) in [6.45, 7) is 4.49. The number of amides is 1. The molecule has 0 aromatic rings. The molecule has 2 N–H and O–H groups in total. The summed E-state index contributed by atoms with van der Waals surface area (Å²) in [5.74, 6) is -0.225. The van der Waals surface area contributed by atoms with Gasteiger partial charge in [0.25, 0.3) is 7.82 Å². The van der Waals surface area contributed by atoms with Gasteiger partial charge in [0.15, 0.2) is 0 Å². The summed E-state index contributed by atoms with van der Waals surface area (Å²) >= 11 is 0. The van der Waals surface area contributed by atoms with Crippen molar-refractivity contribution in [3.63, 3.8) is 0 Å². The number of unbranched alkanes of at least 4 members (excludes halogenated alkanes) is 20. The van der Waals surface area contributed by atoms with Gasteiger partial charge in [-0.25, -0.2) is 0 Å². The van der Waals surface area contributed by atoms with Crippen LogP contribution >= 0.6 is 7.82 Å². The zero-order valence-corrected chi connectivity index (χ0v) is 49.6. The van der Waals surface area contributed by atoms with E-state index in [1.54, 1.807) is 6.08 Å². The first-order valence-electron chi connectivity index (χ1n) is 30.0. The first-order chi connectivity index (χ1) is 36.5. The average molecular weight is 1060 g/mol. The van der Waals surface area contributed by atoms with Gasteiger partial charge in [-0.05, 0) is 109 Å². The molecular formula is C66H113N2O6P. The summed E-state index contributed by atoms with van der Waals surface area (Å²) < 4.78 is 23.3. The number of hydrogen-bond donors (Lipinski definition) is 2. The van der Waals surface area contributed by atoms with Gasteiger partial charge in [0.05, 0.1) is 39.9 Å². The number of aliphatic hydroxyl groups excluding tert-OH is 1. The zero-order valence-electron chi connectivity index (χ0n) is 48.7. The summed E-state index contributed by atoms with van der Waals surface area (Å²) in [6.07, 6.45) is 83.9. The lowest BCUT2D eigenvalue weighted by molar-refractivity contribution is -0.870. The van der Waals surface area contributed by atoms with Crippen LogP contribution in [-0.2, 0) is 18.4 Å².